The number of rotatable bonds is 8. The molecule has 1 aromatic rings. The van der Waals surface area contributed by atoms with Gasteiger partial charge in [0.05, 0.1) is 0 Å². The molecule has 26 heavy (non-hydrogen) atoms. The van der Waals surface area contributed by atoms with Gasteiger partial charge < -0.3 is 15.4 Å². The van der Waals surface area contributed by atoms with Crippen LogP contribution < -0.4 is 15.4 Å². The van der Waals surface area contributed by atoms with Crippen LogP contribution in [0.4, 0.5) is 0 Å². The molecule has 1 fully saturated rings. The van der Waals surface area contributed by atoms with E-state index in [4.69, 9.17) is 4.74 Å². The van der Waals surface area contributed by atoms with Gasteiger partial charge in [-0.15, -0.1) is 0 Å². The average molecular weight is 360 g/mol. The van der Waals surface area contributed by atoms with E-state index in [1.807, 2.05) is 18.2 Å². The van der Waals surface area contributed by atoms with E-state index in [0.717, 1.165) is 25.7 Å². The Morgan fingerprint density at radius 1 is 1.08 bits per heavy atom. The van der Waals surface area contributed by atoms with Gasteiger partial charge in [-0.2, -0.15) is 0 Å². The van der Waals surface area contributed by atoms with Crippen molar-refractivity contribution < 1.29 is 14.3 Å². The molecule has 2 rings (SSSR count). The first-order chi connectivity index (χ1) is 12.5. The van der Waals surface area contributed by atoms with Crippen LogP contribution in [-0.2, 0) is 9.59 Å². The molecule has 0 aromatic heterocycles. The lowest BCUT2D eigenvalue weighted by atomic mass is 9.89. The topological polar surface area (TPSA) is 67.4 Å². The quantitative estimate of drug-likeness (QED) is 0.698. The molecule has 1 saturated carbocycles. The van der Waals surface area contributed by atoms with Gasteiger partial charge in [0.1, 0.15) is 5.75 Å². The van der Waals surface area contributed by atoms with Crippen LogP contribution in [-0.4, -0.2) is 31.0 Å². The Hall–Kier alpha value is -2.04. The fraction of sp³-hybridized carbons (Fsp3) is 0.619. The summed E-state index contributed by atoms with van der Waals surface area (Å²) in [7, 11) is 0. The molecular formula is C21H32N2O3. The molecule has 0 bridgehead atoms. The summed E-state index contributed by atoms with van der Waals surface area (Å²) in [5.74, 6) is 1.20. The number of benzene rings is 1. The molecular weight excluding hydrogens is 328 g/mol. The van der Waals surface area contributed by atoms with Crippen molar-refractivity contribution in [3.05, 3.63) is 29.8 Å². The first-order valence-electron chi connectivity index (χ1n) is 9.79. The molecule has 2 N–H and O–H groups in total. The van der Waals surface area contributed by atoms with Crippen molar-refractivity contribution in [3.8, 4) is 5.75 Å². The zero-order valence-electron chi connectivity index (χ0n) is 16.2. The predicted octanol–water partition coefficient (Wildman–Crippen LogP) is 3.39. The van der Waals surface area contributed by atoms with Crippen molar-refractivity contribution in [2.45, 2.75) is 64.9 Å². The SMILES string of the molecule is CC(Oc1cccc(C(C)C)c1)C(=O)NCCNC(=O)C1CCCCC1. The van der Waals surface area contributed by atoms with E-state index in [-0.39, 0.29) is 17.7 Å². The normalized spacial score (nSPS) is 16.2. The Balaban J connectivity index is 1.68. The predicted molar refractivity (Wildman–Crippen MR) is 103 cm³/mol. The zero-order chi connectivity index (χ0) is 18.9. The van der Waals surface area contributed by atoms with E-state index in [9.17, 15) is 9.59 Å². The van der Waals surface area contributed by atoms with Crippen LogP contribution in [0.15, 0.2) is 24.3 Å². The average Bonchev–Trinajstić information content (AvgIpc) is 2.65. The molecule has 0 spiro atoms. The third-order valence-corrected chi connectivity index (χ3v) is 4.91. The zero-order valence-corrected chi connectivity index (χ0v) is 16.2. The Morgan fingerprint density at radius 3 is 2.46 bits per heavy atom. The second-order valence-corrected chi connectivity index (χ2v) is 7.40. The van der Waals surface area contributed by atoms with Crippen LogP contribution >= 0.6 is 0 Å². The summed E-state index contributed by atoms with van der Waals surface area (Å²) in [5, 5.41) is 5.74. The Bertz CT molecular complexity index is 595. The van der Waals surface area contributed by atoms with E-state index in [1.165, 1.54) is 12.0 Å². The molecule has 0 saturated heterocycles. The number of amides is 2. The number of hydrogen-bond donors (Lipinski definition) is 2. The van der Waals surface area contributed by atoms with Crippen molar-refractivity contribution >= 4 is 11.8 Å². The summed E-state index contributed by atoms with van der Waals surface area (Å²) >= 11 is 0. The molecule has 1 unspecified atom stereocenters. The molecule has 1 aliphatic rings. The van der Waals surface area contributed by atoms with Gasteiger partial charge in [-0.25, -0.2) is 0 Å². The van der Waals surface area contributed by atoms with Gasteiger partial charge in [-0.05, 0) is 43.4 Å². The Labute approximate surface area is 156 Å². The Kier molecular flexibility index (Phi) is 7.95. The van der Waals surface area contributed by atoms with Crippen LogP contribution in [0.5, 0.6) is 5.75 Å². The van der Waals surface area contributed by atoms with Crippen molar-refractivity contribution in [1.82, 2.24) is 10.6 Å². The summed E-state index contributed by atoms with van der Waals surface area (Å²) < 4.78 is 5.74. The van der Waals surface area contributed by atoms with Crippen LogP contribution in [0.1, 0.15) is 64.4 Å². The van der Waals surface area contributed by atoms with E-state index in [2.05, 4.69) is 30.5 Å². The van der Waals surface area contributed by atoms with Gasteiger partial charge >= 0.3 is 0 Å². The van der Waals surface area contributed by atoms with Gasteiger partial charge in [0, 0.05) is 19.0 Å². The maximum absolute atomic E-state index is 12.2. The molecule has 1 aliphatic carbocycles. The second kappa shape index (κ2) is 10.2. The molecule has 0 heterocycles. The Morgan fingerprint density at radius 2 is 1.77 bits per heavy atom. The van der Waals surface area contributed by atoms with Crippen molar-refractivity contribution in [2.24, 2.45) is 5.92 Å². The number of ether oxygens (including phenoxy) is 1. The monoisotopic (exact) mass is 360 g/mol. The minimum Gasteiger partial charge on any atom is -0.481 e. The smallest absolute Gasteiger partial charge is 0.260 e. The molecule has 0 radical (unpaired) electrons. The van der Waals surface area contributed by atoms with E-state index in [0.29, 0.717) is 24.8 Å². The number of carbonyl (C=O) groups excluding carboxylic acids is 2. The minimum atomic E-state index is -0.577. The fourth-order valence-corrected chi connectivity index (χ4v) is 3.23. The van der Waals surface area contributed by atoms with Gasteiger partial charge in [0.15, 0.2) is 6.10 Å². The van der Waals surface area contributed by atoms with Crippen LogP contribution in [0.2, 0.25) is 0 Å². The summed E-state index contributed by atoms with van der Waals surface area (Å²) in [6.07, 6.45) is 4.91. The molecule has 1 aromatic carbocycles. The highest BCUT2D eigenvalue weighted by Gasteiger charge is 2.20. The molecule has 5 heteroatoms. The van der Waals surface area contributed by atoms with E-state index < -0.39 is 6.10 Å². The molecule has 2 amide bonds. The summed E-state index contributed by atoms with van der Waals surface area (Å²) in [4.78, 5) is 24.2. The van der Waals surface area contributed by atoms with Crippen LogP contribution in [0.25, 0.3) is 0 Å². The minimum absolute atomic E-state index is 0.119. The lowest BCUT2D eigenvalue weighted by molar-refractivity contribution is -0.128. The highest BCUT2D eigenvalue weighted by atomic mass is 16.5. The van der Waals surface area contributed by atoms with Gasteiger partial charge in [-0.1, -0.05) is 45.2 Å². The maximum atomic E-state index is 12.2. The number of nitrogens with one attached hydrogen (secondary N) is 2. The van der Waals surface area contributed by atoms with Gasteiger partial charge in [0.25, 0.3) is 5.91 Å². The summed E-state index contributed by atoms with van der Waals surface area (Å²) in [5.41, 5.74) is 1.18. The fourth-order valence-electron chi connectivity index (χ4n) is 3.23. The first kappa shape index (κ1) is 20.3. The summed E-state index contributed by atoms with van der Waals surface area (Å²) in [6.45, 7) is 6.85. The second-order valence-electron chi connectivity index (χ2n) is 7.40. The highest BCUT2D eigenvalue weighted by Crippen LogP contribution is 2.23. The molecule has 144 valence electrons. The van der Waals surface area contributed by atoms with Gasteiger partial charge in [-0.3, -0.25) is 9.59 Å². The standard InChI is InChI=1S/C21H32N2O3/c1-15(2)18-10-7-11-19(14-18)26-16(3)20(24)22-12-13-23-21(25)17-8-5-4-6-9-17/h7,10-11,14-17H,4-6,8-9,12-13H2,1-3H3,(H,22,24)(H,23,25). The molecule has 1 atom stereocenters. The van der Waals surface area contributed by atoms with Crippen molar-refractivity contribution in [1.29, 1.82) is 0 Å². The molecule has 5 nitrogen and oxygen atoms in total. The first-order valence-corrected chi connectivity index (χ1v) is 9.79. The van der Waals surface area contributed by atoms with Crippen LogP contribution in [0.3, 0.4) is 0 Å². The van der Waals surface area contributed by atoms with Crippen LogP contribution in [0, 0.1) is 5.92 Å². The maximum Gasteiger partial charge on any atom is 0.260 e. The van der Waals surface area contributed by atoms with Gasteiger partial charge in [0.2, 0.25) is 5.91 Å². The lowest BCUT2D eigenvalue weighted by Crippen LogP contribution is -2.42. The van der Waals surface area contributed by atoms with E-state index in [1.54, 1.807) is 6.92 Å². The largest absolute Gasteiger partial charge is 0.481 e. The highest BCUT2D eigenvalue weighted by molar-refractivity contribution is 5.81. The van der Waals surface area contributed by atoms with Crippen molar-refractivity contribution in [3.63, 3.8) is 0 Å². The third-order valence-electron chi connectivity index (χ3n) is 4.91. The molecule has 0 aliphatic heterocycles. The lowest BCUT2D eigenvalue weighted by Gasteiger charge is -2.21. The third kappa shape index (κ3) is 6.36. The number of carbonyl (C=O) groups is 2. The number of hydrogen-bond acceptors (Lipinski definition) is 3. The van der Waals surface area contributed by atoms with Crippen molar-refractivity contribution in [2.75, 3.05) is 13.1 Å². The van der Waals surface area contributed by atoms with E-state index >= 15 is 0 Å². The summed E-state index contributed by atoms with van der Waals surface area (Å²) in [6, 6.07) is 7.83.